The van der Waals surface area contributed by atoms with E-state index in [0.717, 1.165) is 7.11 Å². The van der Waals surface area contributed by atoms with Crippen LogP contribution in [0.15, 0.2) is 72.8 Å². The Morgan fingerprint density at radius 3 is 1.74 bits per heavy atom. The van der Waals surface area contributed by atoms with Crippen LogP contribution in [0.1, 0.15) is 42.2 Å². The van der Waals surface area contributed by atoms with E-state index in [1.54, 1.807) is 38.1 Å². The molecule has 0 heterocycles. The summed E-state index contributed by atoms with van der Waals surface area (Å²) in [5.41, 5.74) is 1.45. The molecule has 10 nitrogen and oxygen atoms in total. The maximum Gasteiger partial charge on any atom is 0.349 e. The Morgan fingerprint density at radius 2 is 1.24 bits per heavy atom. The molecule has 3 aromatic carbocycles. The van der Waals surface area contributed by atoms with Crippen molar-refractivity contribution in [2.75, 3.05) is 12.4 Å². The lowest BCUT2D eigenvalue weighted by atomic mass is 10.1. The highest BCUT2D eigenvalue weighted by Gasteiger charge is 2.41. The molecule has 2 N–H and O–H groups in total. The highest BCUT2D eigenvalue weighted by Crippen LogP contribution is 2.20. The van der Waals surface area contributed by atoms with Crippen molar-refractivity contribution in [2.24, 2.45) is 0 Å². The molecule has 0 spiro atoms. The summed E-state index contributed by atoms with van der Waals surface area (Å²) in [7, 11) is 1.15. The average molecular weight is 520 g/mol. The number of hydrogen-bond acceptors (Lipinski definition) is 8. The van der Waals surface area contributed by atoms with Gasteiger partial charge in [0, 0.05) is 0 Å². The van der Waals surface area contributed by atoms with Gasteiger partial charge in [0.2, 0.25) is 12.2 Å². The van der Waals surface area contributed by atoms with Gasteiger partial charge in [-0.1, -0.05) is 47.5 Å². The lowest BCUT2D eigenvalue weighted by Gasteiger charge is -2.24. The number of carboxylic acids is 1. The second-order valence-electron chi connectivity index (χ2n) is 8.26. The van der Waals surface area contributed by atoms with E-state index in [0.29, 0.717) is 11.1 Å². The number of para-hydroxylation sites is 1. The fourth-order valence-electron chi connectivity index (χ4n) is 3.49. The Morgan fingerprint density at radius 1 is 0.711 bits per heavy atom. The average Bonchev–Trinajstić information content (AvgIpc) is 2.90. The van der Waals surface area contributed by atoms with Crippen LogP contribution in [-0.2, 0) is 23.8 Å². The summed E-state index contributed by atoms with van der Waals surface area (Å²) in [5.74, 6) is -5.71. The Bertz CT molecular complexity index is 1380. The molecule has 0 aromatic heterocycles. The van der Waals surface area contributed by atoms with Gasteiger partial charge in [0.25, 0.3) is 5.91 Å². The third-order valence-electron chi connectivity index (χ3n) is 5.34. The van der Waals surface area contributed by atoms with Gasteiger partial charge in [-0.25, -0.2) is 19.2 Å². The van der Waals surface area contributed by atoms with Crippen LogP contribution in [0, 0.1) is 13.8 Å². The molecule has 0 aliphatic rings. The second-order valence-corrected chi connectivity index (χ2v) is 8.26. The Kier molecular flexibility index (Phi) is 8.94. The number of benzene rings is 3. The molecule has 3 aromatic rings. The molecule has 38 heavy (non-hydrogen) atoms. The van der Waals surface area contributed by atoms with Crippen molar-refractivity contribution in [3.63, 3.8) is 0 Å². The predicted octanol–water partition coefficient (Wildman–Crippen LogP) is 3.56. The van der Waals surface area contributed by atoms with Crippen LogP contribution < -0.4 is 5.32 Å². The lowest BCUT2D eigenvalue weighted by molar-refractivity contribution is -0.157. The molecule has 0 unspecified atom stereocenters. The zero-order valence-corrected chi connectivity index (χ0v) is 20.8. The van der Waals surface area contributed by atoms with E-state index in [9.17, 15) is 29.1 Å². The SMILES string of the molecule is COC(=O)c1ccccc1NC(=O)[C@H](OC(=O)c1cccc(C)c1)[C@H](OC(=O)c1cccc(C)c1)C(=O)O. The number of anilines is 1. The van der Waals surface area contributed by atoms with E-state index < -0.39 is 42.0 Å². The summed E-state index contributed by atoms with van der Waals surface area (Å²) in [4.78, 5) is 63.3. The van der Waals surface area contributed by atoms with Crippen LogP contribution in [-0.4, -0.2) is 54.2 Å². The van der Waals surface area contributed by atoms with Gasteiger partial charge < -0.3 is 24.6 Å². The molecule has 0 aliphatic heterocycles. The first-order chi connectivity index (χ1) is 18.1. The number of nitrogens with one attached hydrogen (secondary N) is 1. The van der Waals surface area contributed by atoms with E-state index in [2.05, 4.69) is 5.32 Å². The van der Waals surface area contributed by atoms with E-state index in [-0.39, 0.29) is 22.4 Å². The molecular formula is C28H25NO9. The Balaban J connectivity index is 1.97. The van der Waals surface area contributed by atoms with Gasteiger partial charge in [-0.3, -0.25) is 4.79 Å². The number of aliphatic carboxylic acids is 1. The third-order valence-corrected chi connectivity index (χ3v) is 5.34. The first-order valence-corrected chi connectivity index (χ1v) is 11.4. The first kappa shape index (κ1) is 27.6. The molecule has 0 saturated carbocycles. The summed E-state index contributed by atoms with van der Waals surface area (Å²) in [6.07, 6.45) is -4.35. The number of ether oxygens (including phenoxy) is 3. The maximum atomic E-state index is 13.3. The quantitative estimate of drug-likeness (QED) is 0.320. The molecule has 0 fully saturated rings. The molecule has 0 aliphatic carbocycles. The molecule has 0 bridgehead atoms. The van der Waals surface area contributed by atoms with Crippen LogP contribution in [0.4, 0.5) is 5.69 Å². The normalized spacial score (nSPS) is 12.0. The zero-order chi connectivity index (χ0) is 27.8. The number of methoxy groups -OCH3 is 1. The molecule has 1 amide bonds. The number of rotatable bonds is 9. The fraction of sp³-hybridized carbons (Fsp3) is 0.179. The van der Waals surface area contributed by atoms with Crippen molar-refractivity contribution in [1.82, 2.24) is 0 Å². The topological polar surface area (TPSA) is 145 Å². The van der Waals surface area contributed by atoms with Crippen molar-refractivity contribution < 1.29 is 43.3 Å². The van der Waals surface area contributed by atoms with Crippen molar-refractivity contribution in [3.8, 4) is 0 Å². The minimum Gasteiger partial charge on any atom is -0.478 e. The minimum atomic E-state index is -2.22. The minimum absolute atomic E-state index is 0.0317. The van der Waals surface area contributed by atoms with Gasteiger partial charge in [-0.05, 0) is 50.2 Å². The first-order valence-electron chi connectivity index (χ1n) is 11.4. The number of hydrogen-bond donors (Lipinski definition) is 2. The summed E-state index contributed by atoms with van der Waals surface area (Å²) in [6, 6.07) is 18.2. The summed E-state index contributed by atoms with van der Waals surface area (Å²) in [5, 5.41) is 12.3. The maximum absolute atomic E-state index is 13.3. The predicted molar refractivity (Wildman–Crippen MR) is 135 cm³/mol. The molecule has 3 rings (SSSR count). The number of esters is 3. The number of carbonyl (C=O) groups excluding carboxylic acids is 4. The monoisotopic (exact) mass is 519 g/mol. The van der Waals surface area contributed by atoms with Crippen LogP contribution in [0.3, 0.4) is 0 Å². The van der Waals surface area contributed by atoms with Crippen molar-refractivity contribution in [3.05, 3.63) is 101 Å². The summed E-state index contributed by atoms with van der Waals surface area (Å²) >= 11 is 0. The van der Waals surface area contributed by atoms with Gasteiger partial charge in [-0.15, -0.1) is 0 Å². The largest absolute Gasteiger partial charge is 0.478 e. The molecule has 10 heteroatoms. The summed E-state index contributed by atoms with van der Waals surface area (Å²) in [6.45, 7) is 3.46. The van der Waals surface area contributed by atoms with Crippen LogP contribution in [0.25, 0.3) is 0 Å². The van der Waals surface area contributed by atoms with E-state index in [4.69, 9.17) is 14.2 Å². The molecule has 2 atom stereocenters. The van der Waals surface area contributed by atoms with E-state index in [1.807, 2.05) is 0 Å². The number of aryl methyl sites for hydroxylation is 2. The van der Waals surface area contributed by atoms with Crippen LogP contribution >= 0.6 is 0 Å². The van der Waals surface area contributed by atoms with Gasteiger partial charge in [0.15, 0.2) is 0 Å². The zero-order valence-electron chi connectivity index (χ0n) is 20.8. The smallest absolute Gasteiger partial charge is 0.349 e. The molecule has 0 saturated heterocycles. The van der Waals surface area contributed by atoms with E-state index in [1.165, 1.54) is 48.5 Å². The Hall–Kier alpha value is -4.99. The van der Waals surface area contributed by atoms with Crippen molar-refractivity contribution in [1.29, 1.82) is 0 Å². The fourth-order valence-corrected chi connectivity index (χ4v) is 3.49. The van der Waals surface area contributed by atoms with Crippen molar-refractivity contribution >= 4 is 35.5 Å². The highest BCUT2D eigenvalue weighted by atomic mass is 16.6. The van der Waals surface area contributed by atoms with E-state index >= 15 is 0 Å². The number of carbonyl (C=O) groups is 5. The van der Waals surface area contributed by atoms with Gasteiger partial charge in [0.1, 0.15) is 0 Å². The Labute approximate surface area is 218 Å². The standard InChI is InChI=1S/C28H25NO9/c1-16-8-6-10-18(14-16)26(33)37-22(24(30)29-21-13-5-4-12-20(21)28(35)36-3)23(25(31)32)38-27(34)19-11-7-9-17(2)15-19/h4-15,22-23H,1-3H3,(H,29,30)(H,31,32)/t22-,23+/m1/s1. The van der Waals surface area contributed by atoms with Gasteiger partial charge in [0.05, 0.1) is 29.5 Å². The number of amides is 1. The van der Waals surface area contributed by atoms with Crippen molar-refractivity contribution in [2.45, 2.75) is 26.1 Å². The molecule has 196 valence electrons. The molecular weight excluding hydrogens is 494 g/mol. The molecule has 0 radical (unpaired) electrons. The highest BCUT2D eigenvalue weighted by molar-refractivity contribution is 6.05. The van der Waals surface area contributed by atoms with Gasteiger partial charge in [-0.2, -0.15) is 0 Å². The summed E-state index contributed by atoms with van der Waals surface area (Å²) < 4.78 is 15.2. The number of carboxylic acid groups (broad SMARTS) is 1. The second kappa shape index (κ2) is 12.3. The van der Waals surface area contributed by atoms with Crippen LogP contribution in [0.2, 0.25) is 0 Å². The lowest BCUT2D eigenvalue weighted by Crippen LogP contribution is -2.48. The van der Waals surface area contributed by atoms with Gasteiger partial charge >= 0.3 is 23.9 Å². The van der Waals surface area contributed by atoms with Crippen LogP contribution in [0.5, 0.6) is 0 Å². The third kappa shape index (κ3) is 6.82.